The van der Waals surface area contributed by atoms with Crippen molar-refractivity contribution >= 4 is 23.2 Å². The van der Waals surface area contributed by atoms with Crippen molar-refractivity contribution in [3.8, 4) is 11.1 Å². The van der Waals surface area contributed by atoms with Crippen molar-refractivity contribution in [2.45, 2.75) is 66.0 Å². The summed E-state index contributed by atoms with van der Waals surface area (Å²) in [6, 6.07) is 11.7. The largest absolute Gasteiger partial charge is 0.395 e. The topological polar surface area (TPSA) is 141 Å². The Bertz CT molecular complexity index is 1630. The number of hydrogen-bond acceptors (Lipinski definition) is 8. The molecule has 2 amide bonds. The number of nitrogens with one attached hydrogen (secondary N) is 2. The summed E-state index contributed by atoms with van der Waals surface area (Å²) >= 11 is 0. The Morgan fingerprint density at radius 1 is 0.717 bits per heavy atom. The number of aromatic nitrogens is 4. The maximum Gasteiger partial charge on any atom is 0.275 e. The Labute approximate surface area is 268 Å². The lowest BCUT2D eigenvalue weighted by Crippen LogP contribution is -2.41. The number of aliphatic hydroxyl groups is 2. The van der Waals surface area contributed by atoms with Crippen molar-refractivity contribution in [1.29, 1.82) is 0 Å². The van der Waals surface area contributed by atoms with Crippen molar-refractivity contribution < 1.29 is 19.8 Å². The van der Waals surface area contributed by atoms with Crippen LogP contribution in [0.25, 0.3) is 11.1 Å². The number of carbonyl (C=O) groups excluding carboxylic acids is 2. The first kappa shape index (κ1) is 31.6. The maximum atomic E-state index is 13.3. The van der Waals surface area contributed by atoms with E-state index in [1.165, 1.54) is 0 Å². The van der Waals surface area contributed by atoms with Crippen LogP contribution in [-0.4, -0.2) is 89.3 Å². The summed E-state index contributed by atoms with van der Waals surface area (Å²) in [5.74, 6) is 1.06. The molecule has 4 N–H and O–H groups in total. The molecule has 2 aromatic heterocycles. The molecule has 2 unspecified atom stereocenters. The fraction of sp³-hybridized carbons (Fsp3) is 0.412. The molecule has 12 heteroatoms. The number of nitrogens with zero attached hydrogens (tertiary/aromatic N) is 6. The molecule has 2 aliphatic rings. The number of carbonyl (C=O) groups is 2. The molecule has 0 saturated heterocycles. The van der Waals surface area contributed by atoms with E-state index in [9.17, 15) is 19.8 Å². The minimum absolute atomic E-state index is 0.0350. The zero-order chi connectivity index (χ0) is 32.5. The molecule has 0 bridgehead atoms. The number of hydrogen-bond donors (Lipinski definition) is 4. The van der Waals surface area contributed by atoms with E-state index in [1.807, 2.05) is 73.2 Å². The van der Waals surface area contributed by atoms with Gasteiger partial charge in [0.1, 0.15) is 23.0 Å². The Hall–Kier alpha value is -4.36. The summed E-state index contributed by atoms with van der Waals surface area (Å²) in [7, 11) is 0. The Kier molecular flexibility index (Phi) is 9.05. The number of aliphatic hydroxyl groups excluding tert-OH is 2. The van der Waals surface area contributed by atoms with Gasteiger partial charge in [0.05, 0.1) is 26.3 Å². The first-order valence-electron chi connectivity index (χ1n) is 15.8. The lowest BCUT2D eigenvalue weighted by atomic mass is 9.94. The summed E-state index contributed by atoms with van der Waals surface area (Å²) in [4.78, 5) is 40.2. The summed E-state index contributed by atoms with van der Waals surface area (Å²) in [6.07, 6.45) is 3.59. The summed E-state index contributed by atoms with van der Waals surface area (Å²) in [6.45, 7) is 12.2. The van der Waals surface area contributed by atoms with Gasteiger partial charge in [-0.2, -0.15) is 0 Å². The molecule has 12 nitrogen and oxygen atoms in total. The number of rotatable bonds is 9. The Balaban J connectivity index is 1.17. The average molecular weight is 627 g/mol. The summed E-state index contributed by atoms with van der Waals surface area (Å²) in [5, 5.41) is 25.2. The third kappa shape index (κ3) is 6.21. The van der Waals surface area contributed by atoms with Crippen molar-refractivity contribution in [3.05, 3.63) is 83.0 Å². The van der Waals surface area contributed by atoms with Gasteiger partial charge in [0.25, 0.3) is 11.8 Å². The van der Waals surface area contributed by atoms with Crippen molar-refractivity contribution in [3.63, 3.8) is 0 Å². The van der Waals surface area contributed by atoms with Crippen LogP contribution in [0.15, 0.2) is 48.8 Å². The fourth-order valence-electron chi connectivity index (χ4n) is 6.24. The molecule has 2 atom stereocenters. The van der Waals surface area contributed by atoms with Crippen LogP contribution >= 0.6 is 0 Å². The number of benzene rings is 2. The second-order valence-electron chi connectivity index (χ2n) is 12.3. The summed E-state index contributed by atoms with van der Waals surface area (Å²) < 4.78 is 4.01. The molecule has 2 aromatic carbocycles. The third-order valence-electron chi connectivity index (χ3n) is 9.36. The van der Waals surface area contributed by atoms with Gasteiger partial charge in [0.2, 0.25) is 0 Å². The highest BCUT2D eigenvalue weighted by molar-refractivity contribution is 6.05. The first-order valence-corrected chi connectivity index (χ1v) is 15.8. The van der Waals surface area contributed by atoms with Crippen molar-refractivity contribution in [1.82, 2.24) is 28.9 Å². The van der Waals surface area contributed by atoms with Crippen LogP contribution in [0, 0.1) is 13.8 Å². The molecular weight excluding hydrogens is 584 g/mol. The molecule has 2 aliphatic heterocycles. The third-order valence-corrected chi connectivity index (χ3v) is 9.36. The van der Waals surface area contributed by atoms with Crippen LogP contribution in [0.2, 0.25) is 0 Å². The van der Waals surface area contributed by atoms with E-state index in [-0.39, 0.29) is 37.1 Å². The zero-order valence-corrected chi connectivity index (χ0v) is 26.8. The quantitative estimate of drug-likeness (QED) is 0.222. The normalized spacial score (nSPS) is 16.4. The van der Waals surface area contributed by atoms with Gasteiger partial charge in [0, 0.05) is 62.0 Å². The van der Waals surface area contributed by atoms with E-state index in [0.29, 0.717) is 48.9 Å². The van der Waals surface area contributed by atoms with Crippen LogP contribution in [0.4, 0.5) is 11.4 Å². The van der Waals surface area contributed by atoms with Crippen molar-refractivity contribution in [2.75, 3.05) is 36.9 Å². The second kappa shape index (κ2) is 13.2. The van der Waals surface area contributed by atoms with Crippen LogP contribution < -0.4 is 10.6 Å². The molecule has 4 heterocycles. The van der Waals surface area contributed by atoms with E-state index < -0.39 is 0 Å². The van der Waals surface area contributed by atoms with Gasteiger partial charge < -0.3 is 30.0 Å². The predicted octanol–water partition coefficient (Wildman–Crippen LogP) is 3.26. The highest BCUT2D eigenvalue weighted by Crippen LogP contribution is 2.34. The number of anilines is 2. The van der Waals surface area contributed by atoms with Gasteiger partial charge in [-0.1, -0.05) is 24.3 Å². The smallest absolute Gasteiger partial charge is 0.275 e. The molecule has 0 radical (unpaired) electrons. The van der Waals surface area contributed by atoms with E-state index >= 15 is 0 Å². The first-order chi connectivity index (χ1) is 22.2. The highest BCUT2D eigenvalue weighted by Gasteiger charge is 2.26. The SMILES string of the molecule is Cc1c(NC(=O)c2cn3c(n2)CN(C(C)CO)CC3)cccc1-c1cccc(NC(=O)c2cn3c(n2)CN(C(C)CO)CC3)c1C. The van der Waals surface area contributed by atoms with Gasteiger partial charge in [-0.25, -0.2) is 9.97 Å². The molecule has 4 aromatic rings. The van der Waals surface area contributed by atoms with Gasteiger partial charge >= 0.3 is 0 Å². The number of imidazole rings is 2. The van der Waals surface area contributed by atoms with Gasteiger partial charge in [-0.05, 0) is 62.1 Å². The number of amides is 2. The molecule has 46 heavy (non-hydrogen) atoms. The highest BCUT2D eigenvalue weighted by atomic mass is 16.3. The molecule has 6 rings (SSSR count). The van der Waals surface area contributed by atoms with Crippen LogP contribution in [-0.2, 0) is 26.2 Å². The standard InChI is InChI=1S/C34H42N8O4/c1-21(19-43)39-11-13-41-15-29(35-31(41)17-39)33(45)37-27-9-5-7-25(23(27)3)26-8-6-10-28(24(26)4)38-34(46)30-16-42-14-12-40(22(2)20-44)18-32(42)36-30/h5-10,15-16,21-22,43-44H,11-14,17-20H2,1-4H3,(H,37,45)(H,38,46). The lowest BCUT2D eigenvalue weighted by Gasteiger charge is -2.31. The number of fused-ring (bicyclic) bond motifs is 2. The molecule has 0 fully saturated rings. The van der Waals surface area contributed by atoms with E-state index in [2.05, 4.69) is 30.4 Å². The van der Waals surface area contributed by atoms with E-state index in [1.54, 1.807) is 12.4 Å². The van der Waals surface area contributed by atoms with Gasteiger partial charge in [-0.15, -0.1) is 0 Å². The van der Waals surface area contributed by atoms with Crippen LogP contribution in [0.5, 0.6) is 0 Å². The Morgan fingerprint density at radius 3 is 1.52 bits per heavy atom. The molecule has 0 saturated carbocycles. The lowest BCUT2D eigenvalue weighted by molar-refractivity contribution is 0.101. The zero-order valence-electron chi connectivity index (χ0n) is 26.8. The predicted molar refractivity (Wildman–Crippen MR) is 176 cm³/mol. The van der Waals surface area contributed by atoms with Crippen LogP contribution in [0.3, 0.4) is 0 Å². The molecule has 0 spiro atoms. The average Bonchev–Trinajstić information content (AvgIpc) is 3.70. The molecule has 0 aliphatic carbocycles. The van der Waals surface area contributed by atoms with Gasteiger partial charge in [-0.3, -0.25) is 19.4 Å². The van der Waals surface area contributed by atoms with Crippen molar-refractivity contribution in [2.24, 2.45) is 0 Å². The fourth-order valence-corrected chi connectivity index (χ4v) is 6.24. The minimum Gasteiger partial charge on any atom is -0.395 e. The Morgan fingerprint density at radius 2 is 1.13 bits per heavy atom. The van der Waals surface area contributed by atoms with Crippen LogP contribution in [0.1, 0.15) is 57.6 Å². The summed E-state index contributed by atoms with van der Waals surface area (Å²) in [5.41, 5.74) is 5.78. The minimum atomic E-state index is -0.279. The molecule has 242 valence electrons. The van der Waals surface area contributed by atoms with E-state index in [0.717, 1.165) is 47.0 Å². The second-order valence-corrected chi connectivity index (χ2v) is 12.3. The van der Waals surface area contributed by atoms with Gasteiger partial charge in [0.15, 0.2) is 0 Å². The van der Waals surface area contributed by atoms with E-state index in [4.69, 9.17) is 0 Å². The molecular formula is C34H42N8O4. The monoisotopic (exact) mass is 626 g/mol. The maximum absolute atomic E-state index is 13.3.